The van der Waals surface area contributed by atoms with Crippen LogP contribution in [0.5, 0.6) is 0 Å². The largest absolute Gasteiger partial charge is 0.358 e. The maximum absolute atomic E-state index is 14.0. The van der Waals surface area contributed by atoms with Crippen molar-refractivity contribution < 1.29 is 14.0 Å². The fourth-order valence-electron chi connectivity index (χ4n) is 6.15. The van der Waals surface area contributed by atoms with Gasteiger partial charge in [-0.05, 0) is 93.1 Å². The van der Waals surface area contributed by atoms with Crippen molar-refractivity contribution in [1.29, 1.82) is 0 Å². The number of hydrogen-bond acceptors (Lipinski definition) is 3. The number of nitrogens with one attached hydrogen (secondary N) is 2. The van der Waals surface area contributed by atoms with Crippen molar-refractivity contribution in [3.05, 3.63) is 76.9 Å². The number of carbonyl (C=O) groups excluding carboxylic acids is 2. The molecule has 2 aromatic carbocycles. The third-order valence-electron chi connectivity index (χ3n) is 8.08. The summed E-state index contributed by atoms with van der Waals surface area (Å²) in [6.45, 7) is 6.98. The van der Waals surface area contributed by atoms with E-state index in [0.29, 0.717) is 34.0 Å². The Bertz CT molecular complexity index is 1410. The summed E-state index contributed by atoms with van der Waals surface area (Å²) in [5.74, 6) is 0.0710. The number of H-pyrrole nitrogens is 1. The average Bonchev–Trinajstić information content (AvgIpc) is 3.63. The molecule has 6 nitrogen and oxygen atoms in total. The van der Waals surface area contributed by atoms with Crippen molar-refractivity contribution in [3.8, 4) is 11.1 Å². The Balaban J connectivity index is 1.27. The quantitative estimate of drug-likeness (QED) is 0.439. The number of aromatic amines is 1. The third kappa shape index (κ3) is 4.78. The maximum atomic E-state index is 14.0. The summed E-state index contributed by atoms with van der Waals surface area (Å²) in [5, 5.41) is 2.93. The number of anilines is 1. The minimum absolute atomic E-state index is 0.00198. The third-order valence-corrected chi connectivity index (χ3v) is 8.08. The number of amides is 2. The zero-order valence-electron chi connectivity index (χ0n) is 21.7. The van der Waals surface area contributed by atoms with Gasteiger partial charge in [-0.3, -0.25) is 9.59 Å². The molecule has 6 rings (SSSR count). The number of carbonyl (C=O) groups is 2. The molecule has 196 valence electrons. The second-order valence-electron chi connectivity index (χ2n) is 10.8. The highest BCUT2D eigenvalue weighted by molar-refractivity contribution is 6.36. The van der Waals surface area contributed by atoms with Crippen LogP contribution >= 0.6 is 0 Å². The van der Waals surface area contributed by atoms with Crippen LogP contribution in [0.4, 0.5) is 10.1 Å². The van der Waals surface area contributed by atoms with E-state index in [2.05, 4.69) is 15.2 Å². The van der Waals surface area contributed by atoms with Crippen molar-refractivity contribution in [3.63, 3.8) is 0 Å². The predicted octanol–water partition coefficient (Wildman–Crippen LogP) is 5.57. The Morgan fingerprint density at radius 2 is 1.82 bits per heavy atom. The number of hydrogen-bond donors (Lipinski definition) is 2. The summed E-state index contributed by atoms with van der Waals surface area (Å²) in [6.07, 6.45) is 6.41. The number of piperidine rings is 1. The fraction of sp³-hybridized carbons (Fsp3) is 0.355. The Hall–Kier alpha value is -3.71. The van der Waals surface area contributed by atoms with Gasteiger partial charge in [0.15, 0.2) is 0 Å². The van der Waals surface area contributed by atoms with E-state index in [0.717, 1.165) is 49.3 Å². The van der Waals surface area contributed by atoms with Crippen LogP contribution in [0.3, 0.4) is 0 Å². The van der Waals surface area contributed by atoms with Gasteiger partial charge in [-0.2, -0.15) is 0 Å². The smallest absolute Gasteiger partial charge is 0.256 e. The van der Waals surface area contributed by atoms with Crippen LogP contribution in [-0.2, 0) is 4.79 Å². The number of likely N-dealkylation sites (tertiary alicyclic amines) is 2. The van der Waals surface area contributed by atoms with Gasteiger partial charge in [-0.25, -0.2) is 4.39 Å². The number of benzene rings is 2. The van der Waals surface area contributed by atoms with Crippen molar-refractivity contribution in [2.24, 2.45) is 5.92 Å². The molecule has 0 aliphatic carbocycles. The molecule has 3 aromatic rings. The predicted molar refractivity (Wildman–Crippen MR) is 148 cm³/mol. The van der Waals surface area contributed by atoms with Crippen LogP contribution in [0.2, 0.25) is 0 Å². The van der Waals surface area contributed by atoms with Gasteiger partial charge >= 0.3 is 0 Å². The molecule has 0 radical (unpaired) electrons. The molecule has 0 spiro atoms. The number of nitrogens with zero attached hydrogens (tertiary/aromatic N) is 2. The first-order valence-electron chi connectivity index (χ1n) is 13.6. The molecule has 38 heavy (non-hydrogen) atoms. The lowest BCUT2D eigenvalue weighted by Crippen LogP contribution is -2.41. The molecular weight excluding hydrogens is 479 g/mol. The average molecular weight is 513 g/mol. The Morgan fingerprint density at radius 1 is 1.05 bits per heavy atom. The number of halogens is 1. The molecule has 0 bridgehead atoms. The Kier molecular flexibility index (Phi) is 6.62. The van der Waals surface area contributed by atoms with Gasteiger partial charge in [-0.1, -0.05) is 24.3 Å². The molecule has 4 heterocycles. The van der Waals surface area contributed by atoms with E-state index in [1.54, 1.807) is 12.1 Å². The minimum Gasteiger partial charge on any atom is -0.358 e. The maximum Gasteiger partial charge on any atom is 0.256 e. The first-order chi connectivity index (χ1) is 18.5. The van der Waals surface area contributed by atoms with Crippen molar-refractivity contribution in [2.45, 2.75) is 32.6 Å². The summed E-state index contributed by atoms with van der Waals surface area (Å²) in [4.78, 5) is 34.5. The van der Waals surface area contributed by atoms with E-state index in [1.165, 1.54) is 38.1 Å². The number of fused-ring (bicyclic) bond motifs is 1. The zero-order valence-corrected chi connectivity index (χ0v) is 21.7. The highest BCUT2D eigenvalue weighted by Crippen LogP contribution is 2.41. The minimum atomic E-state index is -0.333. The van der Waals surface area contributed by atoms with Crippen LogP contribution in [0, 0.1) is 18.7 Å². The molecular formula is C31H33FN4O2. The topological polar surface area (TPSA) is 68.4 Å². The summed E-state index contributed by atoms with van der Waals surface area (Å²) >= 11 is 0. The van der Waals surface area contributed by atoms with Gasteiger partial charge in [0.1, 0.15) is 5.82 Å². The summed E-state index contributed by atoms with van der Waals surface area (Å²) < 4.78 is 14.0. The van der Waals surface area contributed by atoms with Crippen LogP contribution < -0.4 is 5.32 Å². The first kappa shape index (κ1) is 24.6. The molecule has 2 amide bonds. The van der Waals surface area contributed by atoms with E-state index in [9.17, 15) is 14.0 Å². The van der Waals surface area contributed by atoms with E-state index in [1.807, 2.05) is 42.2 Å². The highest BCUT2D eigenvalue weighted by Gasteiger charge is 2.30. The fourth-order valence-corrected chi connectivity index (χ4v) is 6.15. The Morgan fingerprint density at radius 3 is 2.58 bits per heavy atom. The second kappa shape index (κ2) is 10.2. The molecule has 2 N–H and O–H groups in total. The lowest BCUT2D eigenvalue weighted by molar-refractivity contribution is -0.110. The normalized spacial score (nSPS) is 19.3. The molecule has 3 aliphatic heterocycles. The zero-order chi connectivity index (χ0) is 26.2. The van der Waals surface area contributed by atoms with Crippen LogP contribution in [0.15, 0.2) is 48.5 Å². The monoisotopic (exact) mass is 512 g/mol. The lowest BCUT2D eigenvalue weighted by Gasteiger charge is -2.34. The van der Waals surface area contributed by atoms with Gasteiger partial charge in [0.05, 0.1) is 16.8 Å². The van der Waals surface area contributed by atoms with E-state index in [-0.39, 0.29) is 17.6 Å². The second-order valence-corrected chi connectivity index (χ2v) is 10.8. The van der Waals surface area contributed by atoms with Crippen LogP contribution in [0.25, 0.3) is 22.8 Å². The van der Waals surface area contributed by atoms with Gasteiger partial charge in [-0.15, -0.1) is 0 Å². The van der Waals surface area contributed by atoms with Crippen molar-refractivity contribution >= 4 is 29.2 Å². The molecule has 2 saturated heterocycles. The van der Waals surface area contributed by atoms with Crippen molar-refractivity contribution in [2.75, 3.05) is 38.0 Å². The highest BCUT2D eigenvalue weighted by atomic mass is 19.1. The van der Waals surface area contributed by atoms with Gasteiger partial charge in [0.25, 0.3) is 11.8 Å². The lowest BCUT2D eigenvalue weighted by atomic mass is 9.94. The summed E-state index contributed by atoms with van der Waals surface area (Å²) in [5.41, 5.74) is 5.39. The molecule has 0 unspecified atom stereocenters. The summed E-state index contributed by atoms with van der Waals surface area (Å²) in [6, 6.07) is 13.8. The number of aromatic nitrogens is 1. The van der Waals surface area contributed by atoms with Crippen LogP contribution in [-0.4, -0.2) is 59.3 Å². The standard InChI is InChI=1S/C31H33FN4O2/c1-20-16-25(31(38)36-14-10-21(11-15-36)19-35-12-2-3-13-35)28(33-20)18-26-29-24(22-6-4-7-23(32)17-22)8-5-9-27(29)34-30(26)37/h4-9,16-18,21,33H,2-3,10-15,19H2,1H3,(H,34,37)/b26-18-. The van der Waals surface area contributed by atoms with Crippen LogP contribution in [0.1, 0.15) is 53.0 Å². The van der Waals surface area contributed by atoms with Gasteiger partial charge < -0.3 is 20.1 Å². The Labute approximate surface area is 222 Å². The molecule has 0 atom stereocenters. The molecule has 1 aromatic heterocycles. The molecule has 7 heteroatoms. The van der Waals surface area contributed by atoms with Gasteiger partial charge in [0.2, 0.25) is 0 Å². The number of rotatable bonds is 5. The summed E-state index contributed by atoms with van der Waals surface area (Å²) in [7, 11) is 0. The first-order valence-corrected chi connectivity index (χ1v) is 13.6. The van der Waals surface area contributed by atoms with Gasteiger partial charge in [0, 0.05) is 36.6 Å². The molecule has 0 saturated carbocycles. The SMILES string of the molecule is Cc1cc(C(=O)N2CCC(CN3CCCC3)CC2)c(/C=C2\C(=O)Nc3cccc(-c4cccc(F)c4)c32)[nH]1. The van der Waals surface area contributed by atoms with E-state index < -0.39 is 0 Å². The van der Waals surface area contributed by atoms with E-state index in [4.69, 9.17) is 0 Å². The molecule has 3 aliphatic rings. The number of aryl methyl sites for hydroxylation is 1. The van der Waals surface area contributed by atoms with Crippen molar-refractivity contribution in [1.82, 2.24) is 14.8 Å². The van der Waals surface area contributed by atoms with E-state index >= 15 is 0 Å². The molecule has 2 fully saturated rings.